The van der Waals surface area contributed by atoms with Crippen molar-refractivity contribution in [2.45, 2.75) is 19.4 Å². The van der Waals surface area contributed by atoms with E-state index in [0.29, 0.717) is 43.2 Å². The maximum atomic E-state index is 13.0. The Morgan fingerprint density at radius 2 is 1.55 bits per heavy atom. The molecular weight excluding hydrogens is 423 g/mol. The van der Waals surface area contributed by atoms with E-state index in [1.165, 1.54) is 24.3 Å². The van der Waals surface area contributed by atoms with Crippen molar-refractivity contribution in [2.24, 2.45) is 5.92 Å². The minimum absolute atomic E-state index is 0.183. The average molecular weight is 447 g/mol. The summed E-state index contributed by atoms with van der Waals surface area (Å²) in [5.41, 5.74) is 1.38. The molecule has 0 aromatic heterocycles. The number of carbonyl (C=O) groups excluding carboxylic acids is 3. The Labute approximate surface area is 184 Å². The molecule has 3 rings (SSSR count). The normalized spacial score (nSPS) is 14.1. The predicted molar refractivity (Wildman–Crippen MR) is 116 cm³/mol. The first kappa shape index (κ1) is 22.6. The number of likely N-dealkylation sites (tertiary alicyclic amines) is 1. The van der Waals surface area contributed by atoms with E-state index in [-0.39, 0.29) is 24.3 Å². The summed E-state index contributed by atoms with van der Waals surface area (Å²) in [5.74, 6) is -1.54. The van der Waals surface area contributed by atoms with Crippen LogP contribution in [0.4, 0.5) is 14.9 Å². The summed E-state index contributed by atoms with van der Waals surface area (Å²) in [7, 11) is 0. The van der Waals surface area contributed by atoms with E-state index in [4.69, 9.17) is 11.6 Å². The van der Waals surface area contributed by atoms with Crippen LogP contribution < -0.4 is 16.0 Å². The molecule has 1 aliphatic heterocycles. The molecule has 1 fully saturated rings. The highest BCUT2D eigenvalue weighted by atomic mass is 35.5. The molecule has 1 heterocycles. The molecule has 0 atom stereocenters. The van der Waals surface area contributed by atoms with Gasteiger partial charge < -0.3 is 20.9 Å². The van der Waals surface area contributed by atoms with Crippen molar-refractivity contribution >= 4 is 35.1 Å². The number of nitrogens with one attached hydrogen (secondary N) is 3. The summed E-state index contributed by atoms with van der Waals surface area (Å²) in [6.45, 7) is 1.69. The minimum Gasteiger partial charge on any atom is -0.348 e. The van der Waals surface area contributed by atoms with E-state index in [2.05, 4.69) is 16.0 Å². The largest absolute Gasteiger partial charge is 0.348 e. The van der Waals surface area contributed by atoms with Crippen LogP contribution in [-0.2, 0) is 16.1 Å². The fraction of sp³-hybridized carbons (Fsp3) is 0.318. The molecule has 9 heteroatoms. The number of benzene rings is 2. The Morgan fingerprint density at radius 3 is 2.19 bits per heavy atom. The molecule has 0 unspecified atom stereocenters. The van der Waals surface area contributed by atoms with Crippen LogP contribution in [0.5, 0.6) is 0 Å². The number of amides is 4. The number of piperidine rings is 1. The number of hydrogen-bond acceptors (Lipinski definition) is 3. The van der Waals surface area contributed by atoms with E-state index < -0.39 is 11.8 Å². The zero-order chi connectivity index (χ0) is 22.2. The summed E-state index contributed by atoms with van der Waals surface area (Å²) in [4.78, 5) is 38.0. The van der Waals surface area contributed by atoms with Crippen LogP contribution in [-0.4, -0.2) is 42.4 Å². The van der Waals surface area contributed by atoms with Gasteiger partial charge in [-0.2, -0.15) is 0 Å². The van der Waals surface area contributed by atoms with Crippen LogP contribution in [0.1, 0.15) is 18.4 Å². The molecule has 0 radical (unpaired) electrons. The molecule has 2 aromatic rings. The SMILES string of the molecule is O=C(NCc1ccc(Cl)cc1)C(=O)NCC1CCN(C(=O)Nc2ccc(F)cc2)CC1. The summed E-state index contributed by atoms with van der Waals surface area (Å²) in [6, 6.07) is 12.3. The second-order valence-electron chi connectivity index (χ2n) is 7.39. The van der Waals surface area contributed by atoms with Crippen LogP contribution in [0.15, 0.2) is 48.5 Å². The maximum Gasteiger partial charge on any atom is 0.321 e. The third-order valence-electron chi connectivity index (χ3n) is 5.12. The van der Waals surface area contributed by atoms with E-state index in [0.717, 1.165) is 5.56 Å². The summed E-state index contributed by atoms with van der Waals surface area (Å²) in [5, 5.41) is 8.58. The van der Waals surface area contributed by atoms with Crippen LogP contribution in [0.3, 0.4) is 0 Å². The molecular formula is C22H24ClFN4O3. The van der Waals surface area contributed by atoms with Crippen LogP contribution in [0.2, 0.25) is 5.02 Å². The number of rotatable bonds is 5. The minimum atomic E-state index is -0.689. The number of carbonyl (C=O) groups is 3. The van der Waals surface area contributed by atoms with Crippen LogP contribution in [0, 0.1) is 11.7 Å². The highest BCUT2D eigenvalue weighted by Crippen LogP contribution is 2.18. The standard InChI is InChI=1S/C22H24ClFN4O3/c23-17-3-1-15(2-4-17)13-25-20(29)21(30)26-14-16-9-11-28(12-10-16)22(31)27-19-7-5-18(24)6-8-19/h1-8,16H,9-14H2,(H,25,29)(H,26,30)(H,27,31). The molecule has 3 N–H and O–H groups in total. The third kappa shape index (κ3) is 6.96. The van der Waals surface area contributed by atoms with Gasteiger partial charge in [-0.1, -0.05) is 23.7 Å². The van der Waals surface area contributed by atoms with Crippen molar-refractivity contribution in [3.05, 3.63) is 64.9 Å². The first-order chi connectivity index (χ1) is 14.9. The number of halogens is 2. The maximum absolute atomic E-state index is 13.0. The van der Waals surface area contributed by atoms with E-state index in [1.54, 1.807) is 29.2 Å². The fourth-order valence-corrected chi connectivity index (χ4v) is 3.38. The Bertz CT molecular complexity index is 913. The van der Waals surface area contributed by atoms with Crippen molar-refractivity contribution in [1.82, 2.24) is 15.5 Å². The smallest absolute Gasteiger partial charge is 0.321 e. The lowest BCUT2D eigenvalue weighted by atomic mass is 9.97. The lowest BCUT2D eigenvalue weighted by Gasteiger charge is -2.32. The molecule has 2 aromatic carbocycles. The summed E-state index contributed by atoms with van der Waals surface area (Å²) < 4.78 is 13.0. The first-order valence-corrected chi connectivity index (χ1v) is 10.4. The van der Waals surface area contributed by atoms with Crippen molar-refractivity contribution in [3.8, 4) is 0 Å². The molecule has 31 heavy (non-hydrogen) atoms. The topological polar surface area (TPSA) is 90.5 Å². The van der Waals surface area contributed by atoms with E-state index in [9.17, 15) is 18.8 Å². The van der Waals surface area contributed by atoms with E-state index in [1.807, 2.05) is 0 Å². The predicted octanol–water partition coefficient (Wildman–Crippen LogP) is 3.16. The fourth-order valence-electron chi connectivity index (χ4n) is 3.26. The highest BCUT2D eigenvalue weighted by Gasteiger charge is 2.24. The van der Waals surface area contributed by atoms with Gasteiger partial charge in [0, 0.05) is 36.9 Å². The molecule has 4 amide bonds. The Kier molecular flexibility index (Phi) is 7.83. The molecule has 0 saturated carbocycles. The Balaban J connectivity index is 1.35. The van der Waals surface area contributed by atoms with Crippen LogP contribution >= 0.6 is 11.6 Å². The van der Waals surface area contributed by atoms with Crippen molar-refractivity contribution < 1.29 is 18.8 Å². The number of hydrogen-bond donors (Lipinski definition) is 3. The van der Waals surface area contributed by atoms with Gasteiger partial charge in [-0.05, 0) is 60.7 Å². The van der Waals surface area contributed by atoms with Crippen LogP contribution in [0.25, 0.3) is 0 Å². The molecule has 7 nitrogen and oxygen atoms in total. The van der Waals surface area contributed by atoms with Crippen molar-refractivity contribution in [1.29, 1.82) is 0 Å². The molecule has 0 bridgehead atoms. The zero-order valence-electron chi connectivity index (χ0n) is 16.9. The number of urea groups is 1. The molecule has 1 aliphatic rings. The van der Waals surface area contributed by atoms with Gasteiger partial charge in [0.25, 0.3) is 0 Å². The highest BCUT2D eigenvalue weighted by molar-refractivity contribution is 6.35. The van der Waals surface area contributed by atoms with Gasteiger partial charge in [0.15, 0.2) is 0 Å². The van der Waals surface area contributed by atoms with Gasteiger partial charge in [0.05, 0.1) is 0 Å². The van der Waals surface area contributed by atoms with Gasteiger partial charge in [-0.25, -0.2) is 9.18 Å². The van der Waals surface area contributed by atoms with Gasteiger partial charge in [-0.15, -0.1) is 0 Å². The molecule has 0 spiro atoms. The molecule has 0 aliphatic carbocycles. The van der Waals surface area contributed by atoms with Gasteiger partial charge in [-0.3, -0.25) is 9.59 Å². The molecule has 164 valence electrons. The molecule has 1 saturated heterocycles. The Hall–Kier alpha value is -3.13. The second kappa shape index (κ2) is 10.8. The quantitative estimate of drug-likeness (QED) is 0.616. The average Bonchev–Trinajstić information content (AvgIpc) is 2.78. The van der Waals surface area contributed by atoms with Gasteiger partial charge in [0.1, 0.15) is 5.82 Å². The van der Waals surface area contributed by atoms with Crippen molar-refractivity contribution in [3.63, 3.8) is 0 Å². The lowest BCUT2D eigenvalue weighted by Crippen LogP contribution is -2.45. The van der Waals surface area contributed by atoms with Crippen molar-refractivity contribution in [2.75, 3.05) is 25.0 Å². The monoisotopic (exact) mass is 446 g/mol. The Morgan fingerprint density at radius 1 is 0.935 bits per heavy atom. The van der Waals surface area contributed by atoms with Gasteiger partial charge in [0.2, 0.25) is 0 Å². The first-order valence-electron chi connectivity index (χ1n) is 10.0. The van der Waals surface area contributed by atoms with Gasteiger partial charge >= 0.3 is 17.8 Å². The summed E-state index contributed by atoms with van der Waals surface area (Å²) >= 11 is 5.82. The second-order valence-corrected chi connectivity index (χ2v) is 7.82. The number of anilines is 1. The third-order valence-corrected chi connectivity index (χ3v) is 5.37. The number of nitrogens with zero attached hydrogens (tertiary/aromatic N) is 1. The van der Waals surface area contributed by atoms with E-state index >= 15 is 0 Å². The summed E-state index contributed by atoms with van der Waals surface area (Å²) in [6.07, 6.45) is 1.42. The lowest BCUT2D eigenvalue weighted by molar-refractivity contribution is -0.139. The zero-order valence-corrected chi connectivity index (χ0v) is 17.6.